The van der Waals surface area contributed by atoms with Gasteiger partial charge in [-0.2, -0.15) is 0 Å². The molecule has 1 aromatic heterocycles. The predicted octanol–water partition coefficient (Wildman–Crippen LogP) is 3.14. The lowest BCUT2D eigenvalue weighted by Crippen LogP contribution is -2.23. The van der Waals surface area contributed by atoms with Gasteiger partial charge in [-0.1, -0.05) is 17.7 Å². The first-order valence-electron chi connectivity index (χ1n) is 9.35. The van der Waals surface area contributed by atoms with E-state index in [1.54, 1.807) is 29.7 Å². The summed E-state index contributed by atoms with van der Waals surface area (Å²) < 4.78 is 6.74. The Hall–Kier alpha value is -3.48. The summed E-state index contributed by atoms with van der Waals surface area (Å²) in [6.45, 7) is 7.48. The third kappa shape index (κ3) is 4.34. The second-order valence-corrected chi connectivity index (χ2v) is 6.89. The van der Waals surface area contributed by atoms with Crippen LogP contribution in [-0.2, 0) is 16.1 Å². The fourth-order valence-corrected chi connectivity index (χ4v) is 3.17. The maximum atomic E-state index is 12.4. The number of nitrogens with one attached hydrogen (secondary N) is 1. The van der Waals surface area contributed by atoms with E-state index in [0.29, 0.717) is 29.0 Å². The summed E-state index contributed by atoms with van der Waals surface area (Å²) in [5, 5.41) is 2.74. The van der Waals surface area contributed by atoms with Crippen molar-refractivity contribution in [1.82, 2.24) is 9.55 Å². The number of ether oxygens (including phenoxy) is 1. The molecule has 0 aliphatic heterocycles. The van der Waals surface area contributed by atoms with Crippen LogP contribution in [0.15, 0.2) is 41.2 Å². The van der Waals surface area contributed by atoms with E-state index in [-0.39, 0.29) is 11.1 Å². The van der Waals surface area contributed by atoms with Gasteiger partial charge in [0.25, 0.3) is 11.5 Å². The Bertz CT molecular complexity index is 1160. The van der Waals surface area contributed by atoms with Gasteiger partial charge in [0, 0.05) is 12.2 Å². The van der Waals surface area contributed by atoms with Crippen LogP contribution in [0.25, 0.3) is 11.0 Å². The van der Waals surface area contributed by atoms with Crippen molar-refractivity contribution < 1.29 is 14.3 Å². The molecule has 0 aliphatic carbocycles. The fraction of sp³-hybridized carbons (Fsp3) is 0.273. The molecular weight excluding hydrogens is 370 g/mol. The molecule has 0 atom stereocenters. The van der Waals surface area contributed by atoms with Crippen molar-refractivity contribution in [1.29, 1.82) is 0 Å². The van der Waals surface area contributed by atoms with Crippen LogP contribution in [0.2, 0.25) is 0 Å². The zero-order chi connectivity index (χ0) is 21.1. The Morgan fingerprint density at radius 2 is 1.86 bits per heavy atom. The highest BCUT2D eigenvalue weighted by Gasteiger charge is 2.14. The molecule has 29 heavy (non-hydrogen) atoms. The first-order valence-corrected chi connectivity index (χ1v) is 9.35. The van der Waals surface area contributed by atoms with Gasteiger partial charge in [-0.3, -0.25) is 9.59 Å². The number of benzene rings is 2. The number of esters is 1. The summed E-state index contributed by atoms with van der Waals surface area (Å²) in [6, 6.07) is 10.5. The maximum absolute atomic E-state index is 12.4. The summed E-state index contributed by atoms with van der Waals surface area (Å²) in [5.74, 6) is -1.05. The number of carbonyl (C=O) groups is 2. The Balaban J connectivity index is 1.72. The van der Waals surface area contributed by atoms with Gasteiger partial charge >= 0.3 is 5.97 Å². The third-order valence-electron chi connectivity index (χ3n) is 4.65. The molecule has 3 rings (SSSR count). The Kier molecular flexibility index (Phi) is 5.77. The van der Waals surface area contributed by atoms with E-state index in [9.17, 15) is 14.4 Å². The molecule has 0 saturated carbocycles. The summed E-state index contributed by atoms with van der Waals surface area (Å²) in [5.41, 5.74) is 4.36. The van der Waals surface area contributed by atoms with Crippen LogP contribution < -0.4 is 10.9 Å². The first kappa shape index (κ1) is 20.3. The van der Waals surface area contributed by atoms with Gasteiger partial charge in [0.1, 0.15) is 5.69 Å². The summed E-state index contributed by atoms with van der Waals surface area (Å²) in [4.78, 5) is 40.9. The van der Waals surface area contributed by atoms with E-state index in [4.69, 9.17) is 4.74 Å². The second-order valence-electron chi connectivity index (χ2n) is 6.89. The highest BCUT2D eigenvalue weighted by atomic mass is 16.5. The highest BCUT2D eigenvalue weighted by molar-refractivity contribution is 5.97. The van der Waals surface area contributed by atoms with Crippen LogP contribution >= 0.6 is 0 Å². The molecule has 0 unspecified atom stereocenters. The SMILES string of the molecule is CCn1c(=O)c(C)nc2cc(C(=O)OCC(=O)Nc3ccc(C)cc3C)ccc21. The van der Waals surface area contributed by atoms with Crippen LogP contribution in [0.5, 0.6) is 0 Å². The van der Waals surface area contributed by atoms with E-state index >= 15 is 0 Å². The molecule has 1 N–H and O–H groups in total. The van der Waals surface area contributed by atoms with Gasteiger partial charge < -0.3 is 14.6 Å². The topological polar surface area (TPSA) is 90.3 Å². The van der Waals surface area contributed by atoms with Crippen molar-refractivity contribution >= 4 is 28.6 Å². The van der Waals surface area contributed by atoms with Crippen LogP contribution in [0.4, 0.5) is 5.69 Å². The van der Waals surface area contributed by atoms with Crippen LogP contribution in [0.1, 0.15) is 34.1 Å². The molecule has 1 heterocycles. The van der Waals surface area contributed by atoms with E-state index in [1.807, 2.05) is 39.0 Å². The lowest BCUT2D eigenvalue weighted by Gasteiger charge is -2.11. The van der Waals surface area contributed by atoms with Gasteiger partial charge in [-0.05, 0) is 57.5 Å². The molecule has 0 fully saturated rings. The quantitative estimate of drug-likeness (QED) is 0.673. The van der Waals surface area contributed by atoms with Crippen molar-refractivity contribution in [2.24, 2.45) is 0 Å². The minimum absolute atomic E-state index is 0.154. The standard InChI is InChI=1S/C22H23N3O4/c1-5-25-19-9-7-16(11-18(19)23-15(4)21(25)27)22(28)29-12-20(26)24-17-8-6-13(2)10-14(17)3/h6-11H,5,12H2,1-4H3,(H,24,26). The lowest BCUT2D eigenvalue weighted by atomic mass is 10.1. The molecule has 2 aromatic carbocycles. The molecule has 150 valence electrons. The predicted molar refractivity (Wildman–Crippen MR) is 111 cm³/mol. The van der Waals surface area contributed by atoms with Crippen molar-refractivity contribution in [2.45, 2.75) is 34.2 Å². The van der Waals surface area contributed by atoms with Crippen molar-refractivity contribution in [3.63, 3.8) is 0 Å². The Labute approximate surface area is 168 Å². The molecule has 0 aliphatic rings. The van der Waals surface area contributed by atoms with Crippen LogP contribution in [-0.4, -0.2) is 28.0 Å². The van der Waals surface area contributed by atoms with Crippen LogP contribution in [0.3, 0.4) is 0 Å². The van der Waals surface area contributed by atoms with Crippen LogP contribution in [0, 0.1) is 20.8 Å². The zero-order valence-corrected chi connectivity index (χ0v) is 16.9. The molecule has 7 heteroatoms. The van der Waals surface area contributed by atoms with Gasteiger partial charge in [0.15, 0.2) is 6.61 Å². The summed E-state index contributed by atoms with van der Waals surface area (Å²) >= 11 is 0. The molecule has 1 amide bonds. The number of hydrogen-bond acceptors (Lipinski definition) is 5. The third-order valence-corrected chi connectivity index (χ3v) is 4.65. The lowest BCUT2D eigenvalue weighted by molar-refractivity contribution is -0.119. The Morgan fingerprint density at radius 1 is 1.10 bits per heavy atom. The number of aryl methyl sites for hydroxylation is 4. The van der Waals surface area contributed by atoms with Gasteiger partial charge in [0.2, 0.25) is 0 Å². The highest BCUT2D eigenvalue weighted by Crippen LogP contribution is 2.17. The molecule has 3 aromatic rings. The molecule has 7 nitrogen and oxygen atoms in total. The fourth-order valence-electron chi connectivity index (χ4n) is 3.17. The largest absolute Gasteiger partial charge is 0.452 e. The maximum Gasteiger partial charge on any atom is 0.338 e. The van der Waals surface area contributed by atoms with E-state index in [0.717, 1.165) is 11.1 Å². The average molecular weight is 393 g/mol. The number of hydrogen-bond donors (Lipinski definition) is 1. The van der Waals surface area contributed by atoms with Crippen molar-refractivity contribution in [2.75, 3.05) is 11.9 Å². The number of fused-ring (bicyclic) bond motifs is 1. The van der Waals surface area contributed by atoms with E-state index in [2.05, 4.69) is 10.3 Å². The first-order chi connectivity index (χ1) is 13.8. The van der Waals surface area contributed by atoms with E-state index in [1.165, 1.54) is 0 Å². The number of aromatic nitrogens is 2. The van der Waals surface area contributed by atoms with Gasteiger partial charge in [-0.25, -0.2) is 9.78 Å². The molecule has 0 spiro atoms. The number of anilines is 1. The zero-order valence-electron chi connectivity index (χ0n) is 16.9. The normalized spacial score (nSPS) is 10.8. The summed E-state index contributed by atoms with van der Waals surface area (Å²) in [7, 11) is 0. The van der Waals surface area contributed by atoms with Gasteiger partial charge in [-0.15, -0.1) is 0 Å². The van der Waals surface area contributed by atoms with Crippen molar-refractivity contribution in [3.8, 4) is 0 Å². The Morgan fingerprint density at radius 3 is 2.55 bits per heavy atom. The van der Waals surface area contributed by atoms with E-state index < -0.39 is 18.5 Å². The molecule has 0 radical (unpaired) electrons. The minimum Gasteiger partial charge on any atom is -0.452 e. The number of amides is 1. The number of carbonyl (C=O) groups excluding carboxylic acids is 2. The van der Waals surface area contributed by atoms with Gasteiger partial charge in [0.05, 0.1) is 16.6 Å². The second kappa shape index (κ2) is 8.26. The minimum atomic E-state index is -0.628. The average Bonchev–Trinajstić information content (AvgIpc) is 2.69. The summed E-state index contributed by atoms with van der Waals surface area (Å²) in [6.07, 6.45) is 0. The number of rotatable bonds is 5. The monoisotopic (exact) mass is 393 g/mol. The molecular formula is C22H23N3O4. The molecule has 0 saturated heterocycles. The van der Waals surface area contributed by atoms with Crippen molar-refractivity contribution in [3.05, 3.63) is 69.1 Å². The smallest absolute Gasteiger partial charge is 0.338 e. The number of nitrogens with zero attached hydrogens (tertiary/aromatic N) is 2. The molecule has 0 bridgehead atoms.